The van der Waals surface area contributed by atoms with Crippen molar-refractivity contribution >= 4 is 5.96 Å². The van der Waals surface area contributed by atoms with Gasteiger partial charge in [-0.25, -0.2) is 4.99 Å². The maximum Gasteiger partial charge on any atom is 0.191 e. The van der Waals surface area contributed by atoms with Crippen LogP contribution in [0.2, 0.25) is 0 Å². The van der Waals surface area contributed by atoms with Gasteiger partial charge in [-0.15, -0.1) is 10.2 Å². The van der Waals surface area contributed by atoms with E-state index in [0.29, 0.717) is 12.0 Å². The summed E-state index contributed by atoms with van der Waals surface area (Å²) in [5.74, 6) is 1.65. The standard InChI is InChI=1S/C22H34N6O/c1-3-23-21(25-17-22(12-8-9-13-22)14-15-29-4-2)24-16-20-27-26-18-28(20)19-10-6-5-7-11-19/h5-7,10-11,18H,3-4,8-9,12-17H2,1-2H3,(H2,23,24,25). The number of rotatable bonds is 10. The molecule has 1 aromatic carbocycles. The monoisotopic (exact) mass is 398 g/mol. The second-order valence-electron chi connectivity index (χ2n) is 7.66. The lowest BCUT2D eigenvalue weighted by molar-refractivity contribution is 0.105. The number of benzene rings is 1. The highest BCUT2D eigenvalue weighted by Gasteiger charge is 2.33. The van der Waals surface area contributed by atoms with Gasteiger partial charge in [-0.1, -0.05) is 31.0 Å². The molecule has 0 atom stereocenters. The minimum Gasteiger partial charge on any atom is -0.382 e. The number of hydrogen-bond acceptors (Lipinski definition) is 4. The summed E-state index contributed by atoms with van der Waals surface area (Å²) in [7, 11) is 0. The van der Waals surface area contributed by atoms with Crippen LogP contribution < -0.4 is 10.6 Å². The number of nitrogens with one attached hydrogen (secondary N) is 2. The molecule has 0 amide bonds. The van der Waals surface area contributed by atoms with Crippen molar-refractivity contribution in [1.82, 2.24) is 25.4 Å². The van der Waals surface area contributed by atoms with Crippen LogP contribution in [0.4, 0.5) is 0 Å². The number of aromatic nitrogens is 3. The summed E-state index contributed by atoms with van der Waals surface area (Å²) in [4.78, 5) is 4.77. The van der Waals surface area contributed by atoms with E-state index in [1.165, 1.54) is 25.7 Å². The summed E-state index contributed by atoms with van der Waals surface area (Å²) in [6, 6.07) is 10.1. The average Bonchev–Trinajstić information content (AvgIpc) is 3.41. The zero-order valence-corrected chi connectivity index (χ0v) is 17.7. The fraction of sp³-hybridized carbons (Fsp3) is 0.591. The molecule has 0 saturated heterocycles. The first-order chi connectivity index (χ1) is 14.3. The zero-order chi connectivity index (χ0) is 20.4. The van der Waals surface area contributed by atoms with Gasteiger partial charge in [-0.05, 0) is 50.7 Å². The van der Waals surface area contributed by atoms with Gasteiger partial charge in [-0.2, -0.15) is 0 Å². The molecule has 1 fully saturated rings. The fourth-order valence-corrected chi connectivity index (χ4v) is 4.01. The second-order valence-corrected chi connectivity index (χ2v) is 7.66. The van der Waals surface area contributed by atoms with Crippen LogP contribution in [0, 0.1) is 5.41 Å². The molecule has 2 N–H and O–H groups in total. The van der Waals surface area contributed by atoms with Crippen LogP contribution in [0.25, 0.3) is 5.69 Å². The van der Waals surface area contributed by atoms with E-state index in [-0.39, 0.29) is 0 Å². The minimum absolute atomic E-state index is 0.315. The summed E-state index contributed by atoms with van der Waals surface area (Å²) in [6.07, 6.45) is 7.98. The van der Waals surface area contributed by atoms with Crippen molar-refractivity contribution in [2.45, 2.75) is 52.5 Å². The molecule has 0 spiro atoms. The first-order valence-electron chi connectivity index (χ1n) is 10.8. The Labute approximate surface area is 174 Å². The van der Waals surface area contributed by atoms with Gasteiger partial charge in [0.25, 0.3) is 0 Å². The molecular formula is C22H34N6O. The molecule has 0 aliphatic heterocycles. The van der Waals surface area contributed by atoms with Gasteiger partial charge >= 0.3 is 0 Å². The first kappa shape index (κ1) is 21.3. The number of ether oxygens (including phenoxy) is 1. The van der Waals surface area contributed by atoms with E-state index in [4.69, 9.17) is 9.73 Å². The molecule has 7 nitrogen and oxygen atoms in total. The van der Waals surface area contributed by atoms with E-state index in [0.717, 1.165) is 50.2 Å². The van der Waals surface area contributed by atoms with Crippen LogP contribution >= 0.6 is 0 Å². The normalized spacial score (nSPS) is 16.1. The third kappa shape index (κ3) is 6.03. The smallest absolute Gasteiger partial charge is 0.191 e. The molecular weight excluding hydrogens is 364 g/mol. The van der Waals surface area contributed by atoms with Crippen LogP contribution in [0.3, 0.4) is 0 Å². The van der Waals surface area contributed by atoms with E-state index in [9.17, 15) is 0 Å². The lowest BCUT2D eigenvalue weighted by atomic mass is 9.83. The molecule has 158 valence electrons. The summed E-state index contributed by atoms with van der Waals surface area (Å²) < 4.78 is 7.61. The SMILES string of the molecule is CCNC(=NCc1nncn1-c1ccccc1)NCC1(CCOCC)CCCC1. The maximum atomic E-state index is 5.63. The van der Waals surface area contributed by atoms with E-state index in [2.05, 4.69) is 34.7 Å². The Bertz CT molecular complexity index is 752. The Morgan fingerprint density at radius 1 is 1.17 bits per heavy atom. The largest absolute Gasteiger partial charge is 0.382 e. The Morgan fingerprint density at radius 3 is 2.69 bits per heavy atom. The number of nitrogens with zero attached hydrogens (tertiary/aromatic N) is 4. The van der Waals surface area contributed by atoms with Gasteiger partial charge in [0.1, 0.15) is 12.9 Å². The Kier molecular flexibility index (Phi) is 8.04. The summed E-state index contributed by atoms with van der Waals surface area (Å²) in [6.45, 7) is 7.99. The van der Waals surface area contributed by atoms with Crippen molar-refractivity contribution in [3.05, 3.63) is 42.5 Å². The fourth-order valence-electron chi connectivity index (χ4n) is 4.01. The number of para-hydroxylation sites is 1. The molecule has 1 aliphatic rings. The van der Waals surface area contributed by atoms with E-state index < -0.39 is 0 Å². The van der Waals surface area contributed by atoms with Crippen molar-refractivity contribution in [2.75, 3.05) is 26.3 Å². The highest BCUT2D eigenvalue weighted by Crippen LogP contribution is 2.40. The molecule has 0 unspecified atom stereocenters. The molecule has 1 heterocycles. The van der Waals surface area contributed by atoms with E-state index in [1.807, 2.05) is 34.9 Å². The predicted molar refractivity (Wildman–Crippen MR) is 116 cm³/mol. The molecule has 1 aromatic heterocycles. The molecule has 0 radical (unpaired) electrons. The molecule has 1 saturated carbocycles. The molecule has 29 heavy (non-hydrogen) atoms. The predicted octanol–water partition coefficient (Wildman–Crippen LogP) is 3.31. The van der Waals surface area contributed by atoms with Crippen molar-refractivity contribution in [2.24, 2.45) is 10.4 Å². The zero-order valence-electron chi connectivity index (χ0n) is 17.7. The number of guanidine groups is 1. The molecule has 1 aliphatic carbocycles. The topological polar surface area (TPSA) is 76.4 Å². The second kappa shape index (κ2) is 11.0. The molecule has 0 bridgehead atoms. The maximum absolute atomic E-state index is 5.63. The highest BCUT2D eigenvalue weighted by molar-refractivity contribution is 5.79. The van der Waals surface area contributed by atoms with Gasteiger partial charge < -0.3 is 15.4 Å². The van der Waals surface area contributed by atoms with Crippen LogP contribution in [0.15, 0.2) is 41.7 Å². The van der Waals surface area contributed by atoms with Crippen molar-refractivity contribution in [3.8, 4) is 5.69 Å². The van der Waals surface area contributed by atoms with E-state index >= 15 is 0 Å². The van der Waals surface area contributed by atoms with Crippen molar-refractivity contribution < 1.29 is 4.74 Å². The molecule has 7 heteroatoms. The average molecular weight is 399 g/mol. The highest BCUT2D eigenvalue weighted by atomic mass is 16.5. The molecule has 3 rings (SSSR count). The Morgan fingerprint density at radius 2 is 1.97 bits per heavy atom. The van der Waals surface area contributed by atoms with Crippen molar-refractivity contribution in [1.29, 1.82) is 0 Å². The number of aliphatic imine (C=N–C) groups is 1. The summed E-state index contributed by atoms with van der Waals surface area (Å²) >= 11 is 0. The Balaban J connectivity index is 1.64. The van der Waals surface area contributed by atoms with Gasteiger partial charge in [0.15, 0.2) is 11.8 Å². The van der Waals surface area contributed by atoms with Gasteiger partial charge in [0.2, 0.25) is 0 Å². The van der Waals surface area contributed by atoms with Gasteiger partial charge in [-0.3, -0.25) is 4.57 Å². The lowest BCUT2D eigenvalue weighted by Crippen LogP contribution is -2.43. The third-order valence-corrected chi connectivity index (χ3v) is 5.65. The van der Waals surface area contributed by atoms with Crippen LogP contribution in [-0.2, 0) is 11.3 Å². The first-order valence-corrected chi connectivity index (χ1v) is 10.8. The minimum atomic E-state index is 0.315. The van der Waals surface area contributed by atoms with Crippen molar-refractivity contribution in [3.63, 3.8) is 0 Å². The van der Waals surface area contributed by atoms with Crippen LogP contribution in [0.1, 0.15) is 51.8 Å². The van der Waals surface area contributed by atoms with Gasteiger partial charge in [0.05, 0.1) is 0 Å². The summed E-state index contributed by atoms with van der Waals surface area (Å²) in [5, 5.41) is 15.3. The third-order valence-electron chi connectivity index (χ3n) is 5.65. The summed E-state index contributed by atoms with van der Waals surface area (Å²) in [5.41, 5.74) is 1.36. The Hall–Kier alpha value is -2.41. The van der Waals surface area contributed by atoms with Crippen LogP contribution in [-0.4, -0.2) is 47.0 Å². The van der Waals surface area contributed by atoms with E-state index in [1.54, 1.807) is 6.33 Å². The van der Waals surface area contributed by atoms with Crippen LogP contribution in [0.5, 0.6) is 0 Å². The number of hydrogen-bond donors (Lipinski definition) is 2. The molecule has 2 aromatic rings. The quantitative estimate of drug-likeness (QED) is 0.365. The van der Waals surface area contributed by atoms with Gasteiger partial charge in [0, 0.05) is 32.0 Å². The lowest BCUT2D eigenvalue weighted by Gasteiger charge is -2.30.